The van der Waals surface area contributed by atoms with Gasteiger partial charge in [0.25, 0.3) is 6.47 Å². The zero-order chi connectivity index (χ0) is 20.6. The van der Waals surface area contributed by atoms with E-state index in [2.05, 4.69) is 5.32 Å². The molecular formula is C17H39NO8S. The molecule has 27 heavy (non-hydrogen) atoms. The minimum atomic E-state index is -1.86. The van der Waals surface area contributed by atoms with Crippen molar-refractivity contribution in [1.82, 2.24) is 5.32 Å². The molecule has 0 aromatic rings. The summed E-state index contributed by atoms with van der Waals surface area (Å²) in [4.78, 5) is 8.36. The molecule has 0 aliphatic rings. The first kappa shape index (κ1) is 28.7. The number of carbonyl (C=O) groups is 1. The molecule has 0 bridgehead atoms. The third-order valence-corrected chi connectivity index (χ3v) is 5.44. The van der Waals surface area contributed by atoms with E-state index in [1.54, 1.807) is 7.11 Å². The second-order valence-electron chi connectivity index (χ2n) is 4.91. The van der Waals surface area contributed by atoms with E-state index in [0.29, 0.717) is 52.9 Å². The van der Waals surface area contributed by atoms with Crippen LogP contribution in [-0.4, -0.2) is 90.4 Å². The lowest BCUT2D eigenvalue weighted by atomic mass is 10.5. The predicted octanol–water partition coefficient (Wildman–Crippen LogP) is 2.01. The fourth-order valence-electron chi connectivity index (χ4n) is 1.93. The van der Waals surface area contributed by atoms with Crippen molar-refractivity contribution in [3.8, 4) is 0 Å². The van der Waals surface area contributed by atoms with Crippen LogP contribution in [0.1, 0.15) is 27.2 Å². The molecule has 0 spiro atoms. The lowest BCUT2D eigenvalue weighted by Crippen LogP contribution is -2.24. The summed E-state index contributed by atoms with van der Waals surface area (Å²) in [6.45, 7) is 12.3. The smallest absolute Gasteiger partial charge is 0.290 e. The van der Waals surface area contributed by atoms with E-state index < -0.39 is 10.9 Å². The van der Waals surface area contributed by atoms with Gasteiger partial charge < -0.3 is 24.6 Å². The Bertz CT molecular complexity index is 283. The van der Waals surface area contributed by atoms with Crippen LogP contribution in [0.3, 0.4) is 0 Å². The fourth-order valence-corrected chi connectivity index (χ4v) is 4.06. The van der Waals surface area contributed by atoms with Crippen molar-refractivity contribution >= 4 is 17.3 Å². The summed E-state index contributed by atoms with van der Waals surface area (Å²) in [7, 11) is -0.196. The third-order valence-electron chi connectivity index (χ3n) is 2.87. The van der Waals surface area contributed by atoms with E-state index in [1.807, 2.05) is 20.8 Å². The van der Waals surface area contributed by atoms with Gasteiger partial charge in [0.2, 0.25) is 0 Å². The minimum Gasteiger partial charge on any atom is -0.483 e. The van der Waals surface area contributed by atoms with Crippen LogP contribution < -0.4 is 5.32 Å². The maximum absolute atomic E-state index is 8.36. The number of hydrogen-bond donors (Lipinski definition) is 2. The molecule has 9 nitrogen and oxygen atoms in total. The third kappa shape index (κ3) is 20.1. The van der Waals surface area contributed by atoms with E-state index in [-0.39, 0.29) is 6.47 Å². The van der Waals surface area contributed by atoms with E-state index in [0.717, 1.165) is 25.3 Å². The summed E-state index contributed by atoms with van der Waals surface area (Å²) in [5.74, 6) is 0.781. The molecule has 0 rings (SSSR count). The van der Waals surface area contributed by atoms with Crippen molar-refractivity contribution in [2.45, 2.75) is 27.2 Å². The maximum Gasteiger partial charge on any atom is 0.290 e. The molecule has 0 unspecified atom stereocenters. The van der Waals surface area contributed by atoms with Crippen LogP contribution in [0.15, 0.2) is 0 Å². The monoisotopic (exact) mass is 417 g/mol. The molecule has 0 atom stereocenters. The van der Waals surface area contributed by atoms with Crippen molar-refractivity contribution in [2.75, 3.05) is 78.8 Å². The lowest BCUT2D eigenvalue weighted by molar-refractivity contribution is -0.122. The second-order valence-corrected chi connectivity index (χ2v) is 7.14. The van der Waals surface area contributed by atoms with Crippen LogP contribution in [0.2, 0.25) is 0 Å². The molecule has 0 saturated heterocycles. The maximum atomic E-state index is 8.36. The van der Waals surface area contributed by atoms with Crippen molar-refractivity contribution in [2.24, 2.45) is 0 Å². The van der Waals surface area contributed by atoms with Gasteiger partial charge in [-0.3, -0.25) is 17.3 Å². The molecule has 0 aromatic heterocycles. The first-order valence-electron chi connectivity index (χ1n) is 9.33. The first-order valence-corrected chi connectivity index (χ1v) is 10.9. The van der Waals surface area contributed by atoms with Crippen LogP contribution in [0.4, 0.5) is 0 Å². The highest BCUT2D eigenvalue weighted by atomic mass is 32.3. The largest absolute Gasteiger partial charge is 0.483 e. The Hall–Kier alpha value is -0.460. The van der Waals surface area contributed by atoms with Gasteiger partial charge in [0.15, 0.2) is 0 Å². The van der Waals surface area contributed by atoms with Crippen LogP contribution in [0.25, 0.3) is 0 Å². The van der Waals surface area contributed by atoms with Gasteiger partial charge in [-0.1, -0.05) is 0 Å². The summed E-state index contributed by atoms with van der Waals surface area (Å²) >= 11 is 0. The van der Waals surface area contributed by atoms with Crippen molar-refractivity contribution in [3.05, 3.63) is 0 Å². The van der Waals surface area contributed by atoms with Crippen LogP contribution in [-0.2, 0) is 31.6 Å². The van der Waals surface area contributed by atoms with Crippen molar-refractivity contribution in [3.63, 3.8) is 0 Å². The zero-order valence-corrected chi connectivity index (χ0v) is 18.1. The first-order chi connectivity index (χ1) is 13.2. The SMILES string of the molecule is CCOS(CCCNCCOCCOCCOC)(OCC)OCC.O=CO. The van der Waals surface area contributed by atoms with E-state index in [4.69, 9.17) is 36.7 Å². The van der Waals surface area contributed by atoms with Gasteiger partial charge in [-0.05, 0) is 33.7 Å². The highest BCUT2D eigenvalue weighted by molar-refractivity contribution is 8.21. The lowest BCUT2D eigenvalue weighted by Gasteiger charge is -2.36. The molecule has 2 N–H and O–H groups in total. The molecule has 0 aromatic carbocycles. The molecule has 0 aliphatic heterocycles. The normalized spacial score (nSPS) is 11.7. The Morgan fingerprint density at radius 3 is 1.81 bits per heavy atom. The Morgan fingerprint density at radius 1 is 0.852 bits per heavy atom. The number of methoxy groups -OCH3 is 1. The average Bonchev–Trinajstić information content (AvgIpc) is 2.64. The van der Waals surface area contributed by atoms with E-state index in [9.17, 15) is 0 Å². The molecule has 0 radical (unpaired) electrons. The van der Waals surface area contributed by atoms with Gasteiger partial charge in [-0.25, -0.2) is 0 Å². The summed E-state index contributed by atoms with van der Waals surface area (Å²) in [6.07, 6.45) is 0.940. The highest BCUT2D eigenvalue weighted by Crippen LogP contribution is 2.51. The Labute approximate surface area is 165 Å². The standard InChI is InChI=1S/C16H37NO6S.CH2O2/c1-5-21-24(22-6-2,23-7-3)16-8-9-17-10-11-19-14-15-20-13-12-18-4;2-1-3/h17H,5-16H2,1-4H3;1H,(H,2,3). The summed E-state index contributed by atoms with van der Waals surface area (Å²) < 4.78 is 33.0. The Morgan fingerprint density at radius 2 is 1.33 bits per heavy atom. The Balaban J connectivity index is 0. The van der Waals surface area contributed by atoms with Gasteiger partial charge in [0.05, 0.1) is 63.7 Å². The zero-order valence-electron chi connectivity index (χ0n) is 17.3. The quantitative estimate of drug-likeness (QED) is 0.241. The molecule has 0 amide bonds. The number of nitrogens with one attached hydrogen (secondary N) is 1. The number of hydrogen-bond acceptors (Lipinski definition) is 8. The second kappa shape index (κ2) is 23.6. The number of ether oxygens (including phenoxy) is 3. The summed E-state index contributed by atoms with van der Waals surface area (Å²) in [5, 5.41) is 10.2. The van der Waals surface area contributed by atoms with Gasteiger partial charge in [-0.15, -0.1) is 0 Å². The molecule has 10 heteroatoms. The molecule has 0 saturated carbocycles. The predicted molar refractivity (Wildman–Crippen MR) is 107 cm³/mol. The van der Waals surface area contributed by atoms with Crippen molar-refractivity contribution in [1.29, 1.82) is 0 Å². The van der Waals surface area contributed by atoms with E-state index >= 15 is 0 Å². The topological polar surface area (TPSA) is 105 Å². The van der Waals surface area contributed by atoms with Gasteiger partial charge in [0.1, 0.15) is 0 Å². The minimum absolute atomic E-state index is 0.250. The van der Waals surface area contributed by atoms with Gasteiger partial charge in [0, 0.05) is 19.4 Å². The highest BCUT2D eigenvalue weighted by Gasteiger charge is 2.25. The van der Waals surface area contributed by atoms with E-state index in [1.165, 1.54) is 0 Å². The Kier molecular flexibility index (Phi) is 25.1. The molecule has 166 valence electrons. The van der Waals surface area contributed by atoms with Crippen LogP contribution >= 0.6 is 10.9 Å². The fraction of sp³-hybridized carbons (Fsp3) is 0.941. The van der Waals surface area contributed by atoms with Gasteiger partial charge >= 0.3 is 0 Å². The van der Waals surface area contributed by atoms with Crippen LogP contribution in [0, 0.1) is 0 Å². The summed E-state index contributed by atoms with van der Waals surface area (Å²) in [6, 6.07) is 0. The van der Waals surface area contributed by atoms with Crippen LogP contribution in [0.5, 0.6) is 0 Å². The average molecular weight is 418 g/mol. The number of carboxylic acid groups (broad SMARTS) is 1. The molecular weight excluding hydrogens is 378 g/mol. The summed E-state index contributed by atoms with van der Waals surface area (Å²) in [5.41, 5.74) is 0. The van der Waals surface area contributed by atoms with Crippen molar-refractivity contribution < 1.29 is 36.7 Å². The molecule has 0 aliphatic carbocycles. The molecule has 0 heterocycles. The number of rotatable bonds is 19. The molecule has 0 fully saturated rings. The van der Waals surface area contributed by atoms with Gasteiger partial charge in [-0.2, -0.15) is 0 Å².